The zero-order chi connectivity index (χ0) is 17.1. The topological polar surface area (TPSA) is 69.6 Å². The highest BCUT2D eigenvalue weighted by Crippen LogP contribution is 2.33. The van der Waals surface area contributed by atoms with Gasteiger partial charge in [0.1, 0.15) is 5.75 Å². The van der Waals surface area contributed by atoms with E-state index in [9.17, 15) is 14.7 Å². The molecular formula is C17H13IN2O3S. The molecule has 0 atom stereocenters. The Morgan fingerprint density at radius 1 is 1.12 bits per heavy atom. The second-order valence-electron chi connectivity index (χ2n) is 5.01. The van der Waals surface area contributed by atoms with E-state index >= 15 is 0 Å². The van der Waals surface area contributed by atoms with E-state index in [2.05, 4.69) is 27.9 Å². The lowest BCUT2D eigenvalue weighted by Crippen LogP contribution is -2.33. The van der Waals surface area contributed by atoms with Gasteiger partial charge < -0.3 is 10.4 Å². The summed E-state index contributed by atoms with van der Waals surface area (Å²) in [4.78, 5) is 25.9. The lowest BCUT2D eigenvalue weighted by Gasteiger charge is -2.14. The van der Waals surface area contributed by atoms with E-state index < -0.39 is 0 Å². The molecule has 0 aliphatic carbocycles. The summed E-state index contributed by atoms with van der Waals surface area (Å²) in [7, 11) is 0. The predicted molar refractivity (Wildman–Crippen MR) is 104 cm³/mol. The van der Waals surface area contributed by atoms with Crippen LogP contribution in [0.3, 0.4) is 0 Å². The number of aromatic hydroxyl groups is 1. The van der Waals surface area contributed by atoms with Crippen molar-refractivity contribution in [1.82, 2.24) is 4.90 Å². The summed E-state index contributed by atoms with van der Waals surface area (Å²) in [6.45, 7) is 0.101. The van der Waals surface area contributed by atoms with Gasteiger partial charge in [-0.3, -0.25) is 14.5 Å². The Morgan fingerprint density at radius 3 is 2.54 bits per heavy atom. The number of hydrogen-bond donors (Lipinski definition) is 2. The van der Waals surface area contributed by atoms with E-state index in [0.717, 1.165) is 25.9 Å². The lowest BCUT2D eigenvalue weighted by atomic mass is 10.2. The maximum atomic E-state index is 12.4. The SMILES string of the molecule is O=C1S/C(=C\c2ccccc2O)C(=O)N1CNc1ccc(I)cc1. The molecule has 2 N–H and O–H groups in total. The number of halogens is 1. The smallest absolute Gasteiger partial charge is 0.295 e. The lowest BCUT2D eigenvalue weighted by molar-refractivity contribution is -0.122. The van der Waals surface area contributed by atoms with Crippen molar-refractivity contribution in [2.45, 2.75) is 0 Å². The first-order valence-electron chi connectivity index (χ1n) is 7.07. The molecule has 3 rings (SSSR count). The number of carbonyl (C=O) groups excluding carboxylic acids is 2. The molecule has 0 spiro atoms. The van der Waals surface area contributed by atoms with Crippen LogP contribution >= 0.6 is 34.4 Å². The molecule has 0 bridgehead atoms. The third-order valence-corrected chi connectivity index (χ3v) is 5.01. The average molecular weight is 452 g/mol. The molecule has 0 saturated carbocycles. The summed E-state index contributed by atoms with van der Waals surface area (Å²) >= 11 is 3.08. The van der Waals surface area contributed by atoms with Crippen LogP contribution in [0.4, 0.5) is 10.5 Å². The number of thioether (sulfide) groups is 1. The van der Waals surface area contributed by atoms with Crippen molar-refractivity contribution in [3.05, 3.63) is 62.6 Å². The van der Waals surface area contributed by atoms with E-state index in [1.807, 2.05) is 24.3 Å². The summed E-state index contributed by atoms with van der Waals surface area (Å²) in [6.07, 6.45) is 1.53. The van der Waals surface area contributed by atoms with Crippen LogP contribution in [0.25, 0.3) is 6.08 Å². The Kier molecular flexibility index (Phi) is 5.10. The van der Waals surface area contributed by atoms with Crippen molar-refractivity contribution in [2.24, 2.45) is 0 Å². The fourth-order valence-corrected chi connectivity index (χ4v) is 3.31. The quantitative estimate of drug-likeness (QED) is 0.540. The first-order chi connectivity index (χ1) is 11.5. The molecule has 0 unspecified atom stereocenters. The zero-order valence-corrected chi connectivity index (χ0v) is 15.4. The van der Waals surface area contributed by atoms with Crippen LogP contribution in [0.5, 0.6) is 5.75 Å². The molecular weight excluding hydrogens is 439 g/mol. The van der Waals surface area contributed by atoms with Crippen molar-refractivity contribution in [2.75, 3.05) is 12.0 Å². The highest BCUT2D eigenvalue weighted by Gasteiger charge is 2.34. The van der Waals surface area contributed by atoms with Crippen LogP contribution in [0.15, 0.2) is 53.4 Å². The fourth-order valence-electron chi connectivity index (χ4n) is 2.13. The Hall–Kier alpha value is -2.00. The van der Waals surface area contributed by atoms with Crippen LogP contribution in [0.2, 0.25) is 0 Å². The van der Waals surface area contributed by atoms with Crippen molar-refractivity contribution < 1.29 is 14.7 Å². The highest BCUT2D eigenvalue weighted by molar-refractivity contribution is 14.1. The van der Waals surface area contributed by atoms with Crippen molar-refractivity contribution in [3.8, 4) is 5.75 Å². The van der Waals surface area contributed by atoms with Crippen molar-refractivity contribution in [1.29, 1.82) is 0 Å². The minimum atomic E-state index is -0.369. The highest BCUT2D eigenvalue weighted by atomic mass is 127. The first-order valence-corrected chi connectivity index (χ1v) is 8.97. The zero-order valence-electron chi connectivity index (χ0n) is 12.4. The second kappa shape index (κ2) is 7.27. The molecule has 122 valence electrons. The first kappa shape index (κ1) is 16.8. The number of para-hydroxylation sites is 1. The number of phenolic OH excluding ortho intramolecular Hbond substituents is 1. The molecule has 1 aliphatic rings. The second-order valence-corrected chi connectivity index (χ2v) is 7.25. The summed E-state index contributed by atoms with van der Waals surface area (Å²) in [5.41, 5.74) is 1.34. The van der Waals surface area contributed by atoms with Gasteiger partial charge in [-0.05, 0) is 70.8 Å². The van der Waals surface area contributed by atoms with Gasteiger partial charge in [-0.25, -0.2) is 0 Å². The molecule has 1 aliphatic heterocycles. The largest absolute Gasteiger partial charge is 0.507 e. The number of nitrogens with zero attached hydrogens (tertiary/aromatic N) is 1. The summed E-state index contributed by atoms with van der Waals surface area (Å²) in [6, 6.07) is 14.3. The minimum absolute atomic E-state index is 0.0707. The van der Waals surface area contributed by atoms with Gasteiger partial charge in [-0.15, -0.1) is 0 Å². The molecule has 1 fully saturated rings. The van der Waals surface area contributed by atoms with Gasteiger partial charge in [0.2, 0.25) is 0 Å². The Morgan fingerprint density at radius 2 is 1.83 bits per heavy atom. The maximum Gasteiger partial charge on any atom is 0.295 e. The maximum absolute atomic E-state index is 12.4. The van der Waals surface area contributed by atoms with Gasteiger partial charge in [-0.2, -0.15) is 0 Å². The Balaban J connectivity index is 1.72. The minimum Gasteiger partial charge on any atom is -0.507 e. The average Bonchev–Trinajstić information content (AvgIpc) is 2.83. The van der Waals surface area contributed by atoms with Crippen LogP contribution in [-0.4, -0.2) is 27.8 Å². The molecule has 7 heteroatoms. The normalized spacial score (nSPS) is 16.0. The molecule has 0 aromatic heterocycles. The van der Waals surface area contributed by atoms with E-state index in [4.69, 9.17) is 0 Å². The van der Waals surface area contributed by atoms with E-state index in [1.54, 1.807) is 18.2 Å². The molecule has 5 nitrogen and oxygen atoms in total. The van der Waals surface area contributed by atoms with Crippen LogP contribution in [-0.2, 0) is 4.79 Å². The molecule has 2 amide bonds. The van der Waals surface area contributed by atoms with Crippen LogP contribution < -0.4 is 5.32 Å². The molecule has 2 aromatic rings. The molecule has 0 radical (unpaired) electrons. The number of rotatable bonds is 4. The van der Waals surface area contributed by atoms with Crippen LogP contribution in [0.1, 0.15) is 5.56 Å². The number of phenols is 1. The summed E-state index contributed by atoms with van der Waals surface area (Å²) in [5, 5.41) is 12.5. The standard InChI is InChI=1S/C17H13IN2O3S/c18-12-5-7-13(8-6-12)19-10-20-16(22)15(24-17(20)23)9-11-3-1-2-4-14(11)21/h1-9,19,21H,10H2/b15-9-. The van der Waals surface area contributed by atoms with Gasteiger partial charge in [0.05, 0.1) is 11.6 Å². The van der Waals surface area contributed by atoms with Gasteiger partial charge in [0, 0.05) is 14.8 Å². The predicted octanol–water partition coefficient (Wildman–Crippen LogP) is 4.10. The summed E-state index contributed by atoms with van der Waals surface area (Å²) in [5.74, 6) is -0.299. The van der Waals surface area contributed by atoms with Crippen LogP contribution in [0, 0.1) is 3.57 Å². The van der Waals surface area contributed by atoms with Crippen molar-refractivity contribution in [3.63, 3.8) is 0 Å². The van der Waals surface area contributed by atoms with Gasteiger partial charge in [0.25, 0.3) is 11.1 Å². The Bertz CT molecular complexity index is 821. The fraction of sp³-hybridized carbons (Fsp3) is 0.0588. The number of nitrogens with one attached hydrogen (secondary N) is 1. The molecule has 2 aromatic carbocycles. The molecule has 1 heterocycles. The number of hydrogen-bond acceptors (Lipinski definition) is 5. The van der Waals surface area contributed by atoms with Gasteiger partial charge in [-0.1, -0.05) is 18.2 Å². The number of imide groups is 1. The number of carbonyl (C=O) groups is 2. The van der Waals surface area contributed by atoms with E-state index in [0.29, 0.717) is 10.5 Å². The van der Waals surface area contributed by atoms with Gasteiger partial charge in [0.15, 0.2) is 0 Å². The number of benzene rings is 2. The molecule has 24 heavy (non-hydrogen) atoms. The van der Waals surface area contributed by atoms with E-state index in [1.165, 1.54) is 12.1 Å². The number of anilines is 1. The van der Waals surface area contributed by atoms with Gasteiger partial charge >= 0.3 is 0 Å². The monoisotopic (exact) mass is 452 g/mol. The Labute approximate surface area is 156 Å². The third kappa shape index (κ3) is 3.73. The summed E-state index contributed by atoms with van der Waals surface area (Å²) < 4.78 is 1.11. The van der Waals surface area contributed by atoms with E-state index in [-0.39, 0.29) is 23.6 Å². The molecule has 1 saturated heterocycles. The van der Waals surface area contributed by atoms with Crippen molar-refractivity contribution >= 4 is 57.3 Å². The number of amides is 2. The third-order valence-electron chi connectivity index (χ3n) is 3.38.